The van der Waals surface area contributed by atoms with Crippen molar-refractivity contribution in [3.05, 3.63) is 35.8 Å². The molecule has 0 spiro atoms. The molecule has 0 unspecified atom stereocenters. The minimum Gasteiger partial charge on any atom is -0.350 e. The van der Waals surface area contributed by atoms with Crippen molar-refractivity contribution in [1.82, 2.24) is 14.7 Å². The fourth-order valence-electron chi connectivity index (χ4n) is 6.45. The molecular weight excluding hydrogens is 338 g/mol. The van der Waals surface area contributed by atoms with E-state index < -0.39 is 0 Å². The first-order valence-electron chi connectivity index (χ1n) is 10.2. The maximum atomic E-state index is 13.0. The minimum atomic E-state index is -0.0388. The van der Waals surface area contributed by atoms with Crippen LogP contribution in [0.5, 0.6) is 0 Å². The van der Waals surface area contributed by atoms with E-state index in [2.05, 4.69) is 10.3 Å². The van der Waals surface area contributed by atoms with E-state index in [1.807, 2.05) is 28.8 Å². The fraction of sp³-hybridized carbons (Fsp3) is 0.591. The minimum absolute atomic E-state index is 0.0388. The zero-order valence-electron chi connectivity index (χ0n) is 15.9. The number of imidazole rings is 1. The first-order valence-corrected chi connectivity index (χ1v) is 10.2. The average molecular weight is 365 g/mol. The highest BCUT2D eigenvalue weighted by atomic mass is 16.2. The average Bonchev–Trinajstić information content (AvgIpc) is 3.00. The maximum absolute atomic E-state index is 13.0. The number of carbonyl (C=O) groups is 2. The molecule has 0 aliphatic heterocycles. The van der Waals surface area contributed by atoms with Gasteiger partial charge in [-0.1, -0.05) is 6.07 Å². The standard InChI is InChI=1S/C22H27N3O2/c1-14(26)5-18-12-25-19(3-2-4-20(25)24-18)21(27)23-13-22-9-15-6-16(10-22)8-17(7-15)11-22/h2-4,12,15-17H,5-11,13H2,1H3,(H,23,27). The topological polar surface area (TPSA) is 63.5 Å². The molecule has 0 aromatic carbocycles. The summed E-state index contributed by atoms with van der Waals surface area (Å²) < 4.78 is 1.81. The van der Waals surface area contributed by atoms with Gasteiger partial charge in [-0.3, -0.25) is 14.0 Å². The predicted octanol–water partition coefficient (Wildman–Crippen LogP) is 3.41. The zero-order chi connectivity index (χ0) is 18.6. The van der Waals surface area contributed by atoms with Crippen LogP contribution in [0, 0.1) is 23.2 Å². The lowest BCUT2D eigenvalue weighted by molar-refractivity contribution is -0.116. The number of amides is 1. The number of fused-ring (bicyclic) bond motifs is 1. The number of aromatic nitrogens is 2. The van der Waals surface area contributed by atoms with Gasteiger partial charge in [-0.05, 0) is 80.8 Å². The Bertz CT molecular complexity index is 878. The van der Waals surface area contributed by atoms with E-state index in [0.717, 1.165) is 24.3 Å². The highest BCUT2D eigenvalue weighted by Gasteiger charge is 2.50. The summed E-state index contributed by atoms with van der Waals surface area (Å²) in [6, 6.07) is 5.57. The Morgan fingerprint density at radius 1 is 1.15 bits per heavy atom. The number of pyridine rings is 1. The van der Waals surface area contributed by atoms with Crippen LogP contribution in [0.2, 0.25) is 0 Å². The molecule has 1 amide bonds. The molecular formula is C22H27N3O2. The molecule has 5 nitrogen and oxygen atoms in total. The van der Waals surface area contributed by atoms with Crippen LogP contribution in [-0.2, 0) is 11.2 Å². The highest BCUT2D eigenvalue weighted by Crippen LogP contribution is 2.59. The van der Waals surface area contributed by atoms with Gasteiger partial charge in [-0.25, -0.2) is 4.98 Å². The molecule has 5 heteroatoms. The smallest absolute Gasteiger partial charge is 0.268 e. The molecule has 2 heterocycles. The summed E-state index contributed by atoms with van der Waals surface area (Å²) in [6.45, 7) is 2.35. The summed E-state index contributed by atoms with van der Waals surface area (Å²) in [5, 5.41) is 3.24. The molecule has 27 heavy (non-hydrogen) atoms. The SMILES string of the molecule is CC(=O)Cc1cn2c(C(=O)NCC34CC5CC(CC(C5)C3)C4)cccc2n1. The van der Waals surface area contributed by atoms with Gasteiger partial charge in [0.25, 0.3) is 5.91 Å². The molecule has 2 aromatic heterocycles. The van der Waals surface area contributed by atoms with Crippen molar-refractivity contribution >= 4 is 17.3 Å². The summed E-state index contributed by atoms with van der Waals surface area (Å²) in [6.07, 6.45) is 10.2. The van der Waals surface area contributed by atoms with Crippen molar-refractivity contribution in [2.75, 3.05) is 6.54 Å². The van der Waals surface area contributed by atoms with Gasteiger partial charge >= 0.3 is 0 Å². The molecule has 0 radical (unpaired) electrons. The molecule has 4 saturated carbocycles. The van der Waals surface area contributed by atoms with Crippen molar-refractivity contribution in [2.24, 2.45) is 23.2 Å². The Morgan fingerprint density at radius 2 is 1.81 bits per heavy atom. The second-order valence-corrected chi connectivity index (χ2v) is 9.35. The van der Waals surface area contributed by atoms with E-state index in [0.29, 0.717) is 28.9 Å². The second kappa shape index (κ2) is 6.18. The number of carbonyl (C=O) groups excluding carboxylic acids is 2. The van der Waals surface area contributed by atoms with Crippen molar-refractivity contribution in [2.45, 2.75) is 51.9 Å². The fourth-order valence-corrected chi connectivity index (χ4v) is 6.45. The Morgan fingerprint density at radius 3 is 2.44 bits per heavy atom. The number of nitrogens with zero attached hydrogens (tertiary/aromatic N) is 2. The summed E-state index contributed by atoms with van der Waals surface area (Å²) in [5.74, 6) is 2.70. The lowest BCUT2D eigenvalue weighted by Crippen LogP contribution is -2.51. The van der Waals surface area contributed by atoms with E-state index in [9.17, 15) is 9.59 Å². The lowest BCUT2D eigenvalue weighted by atomic mass is 9.49. The third kappa shape index (κ3) is 3.07. The van der Waals surface area contributed by atoms with Crippen molar-refractivity contribution in [3.63, 3.8) is 0 Å². The van der Waals surface area contributed by atoms with E-state index in [1.54, 1.807) is 6.92 Å². The van der Waals surface area contributed by atoms with Gasteiger partial charge in [-0.15, -0.1) is 0 Å². The van der Waals surface area contributed by atoms with Crippen LogP contribution >= 0.6 is 0 Å². The highest BCUT2D eigenvalue weighted by molar-refractivity contribution is 5.93. The third-order valence-electron chi connectivity index (χ3n) is 6.99. The van der Waals surface area contributed by atoms with Gasteiger partial charge in [-0.2, -0.15) is 0 Å². The van der Waals surface area contributed by atoms with Crippen LogP contribution in [-0.4, -0.2) is 27.6 Å². The zero-order valence-corrected chi connectivity index (χ0v) is 15.9. The van der Waals surface area contributed by atoms with Crippen molar-refractivity contribution in [3.8, 4) is 0 Å². The molecule has 1 N–H and O–H groups in total. The van der Waals surface area contributed by atoms with Crippen LogP contribution in [0.25, 0.3) is 5.65 Å². The number of ketones is 1. The number of hydrogen-bond acceptors (Lipinski definition) is 3. The van der Waals surface area contributed by atoms with Crippen molar-refractivity contribution < 1.29 is 9.59 Å². The second-order valence-electron chi connectivity index (χ2n) is 9.35. The Labute approximate surface area is 159 Å². The molecule has 0 atom stereocenters. The number of Topliss-reactive ketones (excluding diaryl/α,β-unsaturated/α-hetero) is 1. The largest absolute Gasteiger partial charge is 0.350 e. The normalized spacial score (nSPS) is 31.4. The molecule has 2 aromatic rings. The third-order valence-corrected chi connectivity index (χ3v) is 6.99. The Balaban J connectivity index is 1.34. The molecule has 4 bridgehead atoms. The number of rotatable bonds is 5. The Kier molecular flexibility index (Phi) is 3.88. The predicted molar refractivity (Wildman–Crippen MR) is 103 cm³/mol. The summed E-state index contributed by atoms with van der Waals surface area (Å²) in [4.78, 5) is 28.8. The summed E-state index contributed by atoms with van der Waals surface area (Å²) in [5.41, 5.74) is 2.35. The summed E-state index contributed by atoms with van der Waals surface area (Å²) >= 11 is 0. The van der Waals surface area contributed by atoms with E-state index >= 15 is 0 Å². The Hall–Kier alpha value is -2.17. The van der Waals surface area contributed by atoms with Gasteiger partial charge in [0, 0.05) is 19.2 Å². The molecule has 4 aliphatic rings. The molecule has 0 saturated heterocycles. The van der Waals surface area contributed by atoms with Gasteiger partial charge in [0.15, 0.2) is 0 Å². The molecule has 142 valence electrons. The van der Waals surface area contributed by atoms with Gasteiger partial charge in [0.2, 0.25) is 0 Å². The quantitative estimate of drug-likeness (QED) is 0.883. The van der Waals surface area contributed by atoms with Gasteiger partial charge in [0.05, 0.1) is 5.69 Å². The number of hydrogen-bond donors (Lipinski definition) is 1. The van der Waals surface area contributed by atoms with Crippen LogP contribution in [0.15, 0.2) is 24.4 Å². The van der Waals surface area contributed by atoms with Gasteiger partial charge < -0.3 is 5.32 Å². The van der Waals surface area contributed by atoms with Crippen molar-refractivity contribution in [1.29, 1.82) is 0 Å². The summed E-state index contributed by atoms with van der Waals surface area (Å²) in [7, 11) is 0. The maximum Gasteiger partial charge on any atom is 0.268 e. The van der Waals surface area contributed by atoms with Crippen LogP contribution in [0.1, 0.15) is 61.6 Å². The monoisotopic (exact) mass is 365 g/mol. The van der Waals surface area contributed by atoms with E-state index in [4.69, 9.17) is 0 Å². The number of nitrogens with one attached hydrogen (secondary N) is 1. The van der Waals surface area contributed by atoms with Crippen LogP contribution in [0.3, 0.4) is 0 Å². The molecule has 4 fully saturated rings. The molecule has 6 rings (SSSR count). The van der Waals surface area contributed by atoms with E-state index in [1.165, 1.54) is 38.5 Å². The van der Waals surface area contributed by atoms with Crippen LogP contribution in [0.4, 0.5) is 0 Å². The first-order chi connectivity index (χ1) is 13.0. The van der Waals surface area contributed by atoms with Gasteiger partial charge in [0.1, 0.15) is 17.1 Å². The van der Waals surface area contributed by atoms with E-state index in [-0.39, 0.29) is 11.7 Å². The molecule has 4 aliphatic carbocycles. The first kappa shape index (κ1) is 17.0. The van der Waals surface area contributed by atoms with Crippen LogP contribution < -0.4 is 5.32 Å². The lowest BCUT2D eigenvalue weighted by Gasteiger charge is -2.56.